The second-order valence-electron chi connectivity index (χ2n) is 9.07. The van der Waals surface area contributed by atoms with E-state index >= 15 is 0 Å². The maximum Gasteiger partial charge on any atom is 0.162 e. The predicted octanol–water partition coefficient (Wildman–Crippen LogP) is 4.51. The minimum absolute atomic E-state index is 0.181. The van der Waals surface area contributed by atoms with E-state index in [4.69, 9.17) is 21.6 Å². The average molecular weight is 407 g/mol. The molecule has 156 valence electrons. The first-order valence-corrected chi connectivity index (χ1v) is 11.8. The molecule has 3 aliphatic carbocycles. The molecule has 0 aliphatic heterocycles. The molecule has 0 spiro atoms. The van der Waals surface area contributed by atoms with Gasteiger partial charge >= 0.3 is 0 Å². The van der Waals surface area contributed by atoms with Crippen molar-refractivity contribution in [1.29, 1.82) is 0 Å². The number of hydrazine groups is 1. The number of aromatic nitrogens is 2. The fraction of sp³-hybridized carbons (Fsp3) is 0.818. The summed E-state index contributed by atoms with van der Waals surface area (Å²) in [6.45, 7) is 0. The zero-order chi connectivity index (χ0) is 19.3. The Hall–Kier alpha value is -0.910. The van der Waals surface area contributed by atoms with Gasteiger partial charge < -0.3 is 10.5 Å². The van der Waals surface area contributed by atoms with Gasteiger partial charge in [0.05, 0.1) is 17.1 Å². The zero-order valence-corrected chi connectivity index (χ0v) is 17.7. The van der Waals surface area contributed by atoms with Crippen molar-refractivity contribution < 1.29 is 5.11 Å². The number of aliphatic hydroxyl groups excluding tert-OH is 1. The van der Waals surface area contributed by atoms with Crippen molar-refractivity contribution >= 4 is 17.4 Å². The third-order valence-corrected chi connectivity index (χ3v) is 7.24. The molecular formula is C22H35ClN4O. The number of nitrogens with one attached hydrogen (secondary N) is 2. The van der Waals surface area contributed by atoms with Crippen molar-refractivity contribution in [3.05, 3.63) is 17.1 Å². The van der Waals surface area contributed by atoms with Crippen LogP contribution in [0.1, 0.15) is 87.7 Å². The summed E-state index contributed by atoms with van der Waals surface area (Å²) in [5.74, 6) is 1.73. The van der Waals surface area contributed by atoms with Gasteiger partial charge in [0.1, 0.15) is 6.23 Å². The van der Waals surface area contributed by atoms with Crippen molar-refractivity contribution in [2.24, 2.45) is 11.8 Å². The van der Waals surface area contributed by atoms with E-state index in [1.807, 2.05) is 0 Å². The molecule has 5 nitrogen and oxygen atoms in total. The van der Waals surface area contributed by atoms with E-state index in [0.29, 0.717) is 5.92 Å². The highest BCUT2D eigenvalue weighted by molar-refractivity contribution is 6.20. The molecule has 0 aromatic carbocycles. The molecule has 28 heavy (non-hydrogen) atoms. The molecule has 0 saturated heterocycles. The van der Waals surface area contributed by atoms with Crippen LogP contribution in [0.3, 0.4) is 0 Å². The second kappa shape index (κ2) is 9.73. The van der Waals surface area contributed by atoms with E-state index < -0.39 is 6.23 Å². The van der Waals surface area contributed by atoms with Crippen molar-refractivity contribution in [1.82, 2.24) is 15.4 Å². The number of hydrogen-bond donors (Lipinski definition) is 3. The smallest absolute Gasteiger partial charge is 0.162 e. The van der Waals surface area contributed by atoms with Gasteiger partial charge in [-0.3, -0.25) is 4.98 Å². The summed E-state index contributed by atoms with van der Waals surface area (Å²) in [4.78, 5) is 9.98. The highest BCUT2D eigenvalue weighted by atomic mass is 35.5. The number of aliphatic hydroxyl groups is 1. The van der Waals surface area contributed by atoms with Crippen LogP contribution in [0.2, 0.25) is 0 Å². The van der Waals surface area contributed by atoms with Crippen molar-refractivity contribution in [3.8, 4) is 0 Å². The van der Waals surface area contributed by atoms with Gasteiger partial charge in [0, 0.05) is 11.3 Å². The molecule has 2 fully saturated rings. The highest BCUT2D eigenvalue weighted by Crippen LogP contribution is 2.31. The van der Waals surface area contributed by atoms with Crippen molar-refractivity contribution in [2.45, 2.75) is 101 Å². The third-order valence-electron chi connectivity index (χ3n) is 6.84. The zero-order valence-electron chi connectivity index (χ0n) is 16.9. The monoisotopic (exact) mass is 406 g/mol. The Labute approximate surface area is 174 Å². The lowest BCUT2D eigenvalue weighted by molar-refractivity contribution is 0.0626. The molecule has 3 N–H and O–H groups in total. The number of halogens is 1. The number of aryl methyl sites for hydroxylation is 2. The topological polar surface area (TPSA) is 70.1 Å². The Morgan fingerprint density at radius 1 is 0.929 bits per heavy atom. The Kier molecular flexibility index (Phi) is 7.08. The van der Waals surface area contributed by atoms with Gasteiger partial charge in [-0.15, -0.1) is 11.6 Å². The Balaban J connectivity index is 1.45. The molecule has 0 amide bonds. The van der Waals surface area contributed by atoms with Crippen LogP contribution in [-0.2, 0) is 19.3 Å². The molecule has 1 aromatic heterocycles. The SMILES string of the molecule is OC(NNc1nc2c(nc1CC1CCCCC1)CCCC2)C1CCCC(Cl)C1. The van der Waals surface area contributed by atoms with E-state index in [1.54, 1.807) is 0 Å². The van der Waals surface area contributed by atoms with Gasteiger partial charge in [-0.05, 0) is 57.3 Å². The van der Waals surface area contributed by atoms with Crippen LogP contribution in [0.15, 0.2) is 0 Å². The minimum atomic E-state index is -0.609. The molecule has 0 radical (unpaired) electrons. The molecule has 6 heteroatoms. The molecule has 3 unspecified atom stereocenters. The second-order valence-corrected chi connectivity index (χ2v) is 9.68. The Bertz CT molecular complexity index is 650. The molecule has 1 heterocycles. The maximum absolute atomic E-state index is 10.6. The standard InChI is InChI=1S/C22H35ClN4O/c23-17-10-6-9-16(14-17)22(28)27-26-21-20(13-15-7-2-1-3-8-15)24-18-11-4-5-12-19(18)25-21/h15-17,22,27-28H,1-14H2,(H,25,26). The molecule has 3 atom stereocenters. The number of rotatable bonds is 6. The lowest BCUT2D eigenvalue weighted by Gasteiger charge is -2.30. The molecule has 2 saturated carbocycles. The van der Waals surface area contributed by atoms with Crippen LogP contribution in [-0.4, -0.2) is 26.7 Å². The van der Waals surface area contributed by atoms with Crippen LogP contribution in [0, 0.1) is 11.8 Å². The van der Waals surface area contributed by atoms with Crippen LogP contribution in [0.25, 0.3) is 0 Å². The fourth-order valence-electron chi connectivity index (χ4n) is 5.15. The summed E-state index contributed by atoms with van der Waals surface area (Å²) >= 11 is 6.30. The van der Waals surface area contributed by atoms with Gasteiger partial charge in [0.25, 0.3) is 0 Å². The first-order valence-electron chi connectivity index (χ1n) is 11.4. The first kappa shape index (κ1) is 20.4. The van der Waals surface area contributed by atoms with Gasteiger partial charge in [-0.1, -0.05) is 38.5 Å². The number of alkyl halides is 1. The third kappa shape index (κ3) is 5.17. The Morgan fingerprint density at radius 2 is 1.68 bits per heavy atom. The van der Waals surface area contributed by atoms with Crippen molar-refractivity contribution in [3.63, 3.8) is 0 Å². The maximum atomic E-state index is 10.6. The molecule has 3 aliphatic rings. The summed E-state index contributed by atoms with van der Waals surface area (Å²) < 4.78 is 0. The van der Waals surface area contributed by atoms with Crippen LogP contribution < -0.4 is 10.9 Å². The Morgan fingerprint density at radius 3 is 2.43 bits per heavy atom. The molecule has 4 rings (SSSR count). The normalized spacial score (nSPS) is 27.2. The largest absolute Gasteiger partial charge is 0.377 e. The van der Waals surface area contributed by atoms with Gasteiger partial charge in [-0.2, -0.15) is 0 Å². The fourth-order valence-corrected chi connectivity index (χ4v) is 5.53. The van der Waals surface area contributed by atoms with Crippen LogP contribution in [0.4, 0.5) is 5.82 Å². The minimum Gasteiger partial charge on any atom is -0.377 e. The molecule has 0 bridgehead atoms. The first-order chi connectivity index (χ1) is 13.7. The molecular weight excluding hydrogens is 372 g/mol. The van der Waals surface area contributed by atoms with Crippen LogP contribution >= 0.6 is 11.6 Å². The lowest BCUT2D eigenvalue weighted by atomic mass is 9.86. The summed E-state index contributed by atoms with van der Waals surface area (Å²) in [5, 5.41) is 10.8. The van der Waals surface area contributed by atoms with E-state index in [0.717, 1.165) is 62.2 Å². The number of hydrogen-bond acceptors (Lipinski definition) is 5. The lowest BCUT2D eigenvalue weighted by Crippen LogP contribution is -2.42. The van der Waals surface area contributed by atoms with E-state index in [-0.39, 0.29) is 11.3 Å². The number of fused-ring (bicyclic) bond motifs is 1. The van der Waals surface area contributed by atoms with Gasteiger partial charge in [0.15, 0.2) is 5.82 Å². The summed E-state index contributed by atoms with van der Waals surface area (Å²) in [6, 6.07) is 0. The summed E-state index contributed by atoms with van der Waals surface area (Å²) in [5.41, 5.74) is 9.77. The summed E-state index contributed by atoms with van der Waals surface area (Å²) in [7, 11) is 0. The quantitative estimate of drug-likeness (QED) is 0.368. The average Bonchev–Trinajstić information content (AvgIpc) is 2.72. The van der Waals surface area contributed by atoms with Crippen LogP contribution in [0.5, 0.6) is 0 Å². The van der Waals surface area contributed by atoms with E-state index in [2.05, 4.69) is 10.9 Å². The number of nitrogens with zero attached hydrogens (tertiary/aromatic N) is 2. The number of anilines is 1. The van der Waals surface area contributed by atoms with Crippen molar-refractivity contribution in [2.75, 3.05) is 5.43 Å². The van der Waals surface area contributed by atoms with E-state index in [9.17, 15) is 5.11 Å². The van der Waals surface area contributed by atoms with E-state index in [1.165, 1.54) is 50.6 Å². The highest BCUT2D eigenvalue weighted by Gasteiger charge is 2.27. The predicted molar refractivity (Wildman–Crippen MR) is 113 cm³/mol. The molecule has 1 aromatic rings. The summed E-state index contributed by atoms with van der Waals surface area (Å²) in [6.07, 6.45) is 15.5. The van der Waals surface area contributed by atoms with Gasteiger partial charge in [0.2, 0.25) is 0 Å². The van der Waals surface area contributed by atoms with Gasteiger partial charge in [-0.25, -0.2) is 10.4 Å².